The zero-order chi connectivity index (χ0) is 46.8. The second-order valence-corrected chi connectivity index (χ2v) is 20.9. The van der Waals surface area contributed by atoms with E-state index < -0.39 is 6.10 Å². The van der Waals surface area contributed by atoms with Crippen LogP contribution in [0, 0.1) is 11.8 Å². The third-order valence-corrected chi connectivity index (χ3v) is 13.2. The fraction of sp³-hybridized carbons (Fsp3) is 0.948. The van der Waals surface area contributed by atoms with E-state index in [-0.39, 0.29) is 31.1 Å². The first kappa shape index (κ1) is 62.4. The van der Waals surface area contributed by atoms with Crippen molar-refractivity contribution in [3.8, 4) is 0 Å². The quantitative estimate of drug-likeness (QED) is 0.0344. The summed E-state index contributed by atoms with van der Waals surface area (Å²) in [6, 6.07) is 0. The first-order chi connectivity index (χ1) is 31.2. The van der Waals surface area contributed by atoms with E-state index in [1.165, 1.54) is 212 Å². The van der Waals surface area contributed by atoms with Crippen molar-refractivity contribution in [2.24, 2.45) is 11.8 Å². The van der Waals surface area contributed by atoms with Crippen LogP contribution in [0.3, 0.4) is 0 Å². The Morgan fingerprint density at radius 1 is 0.297 bits per heavy atom. The van der Waals surface area contributed by atoms with Gasteiger partial charge in [-0.3, -0.25) is 14.4 Å². The molecule has 0 aliphatic carbocycles. The van der Waals surface area contributed by atoms with Gasteiger partial charge in [-0.25, -0.2) is 0 Å². The molecule has 0 rings (SSSR count). The second kappa shape index (κ2) is 50.8. The molecule has 0 heterocycles. The predicted octanol–water partition coefficient (Wildman–Crippen LogP) is 18.9. The van der Waals surface area contributed by atoms with Crippen LogP contribution >= 0.6 is 0 Å². The predicted molar refractivity (Wildman–Crippen MR) is 275 cm³/mol. The van der Waals surface area contributed by atoms with Crippen molar-refractivity contribution >= 4 is 17.9 Å². The Morgan fingerprint density at radius 2 is 0.516 bits per heavy atom. The average molecular weight is 906 g/mol. The fourth-order valence-electron chi connectivity index (χ4n) is 8.87. The molecule has 0 aromatic heterocycles. The summed E-state index contributed by atoms with van der Waals surface area (Å²) < 4.78 is 16.9. The number of hydrogen-bond donors (Lipinski definition) is 0. The highest BCUT2D eigenvalue weighted by Gasteiger charge is 2.19. The van der Waals surface area contributed by atoms with Crippen molar-refractivity contribution in [2.45, 2.75) is 330 Å². The van der Waals surface area contributed by atoms with Gasteiger partial charge < -0.3 is 14.2 Å². The van der Waals surface area contributed by atoms with Gasteiger partial charge in [0, 0.05) is 19.3 Å². The lowest BCUT2D eigenvalue weighted by Crippen LogP contribution is -2.30. The minimum atomic E-state index is -0.762. The molecule has 6 heteroatoms. The second-order valence-electron chi connectivity index (χ2n) is 20.9. The van der Waals surface area contributed by atoms with Crippen molar-refractivity contribution in [2.75, 3.05) is 13.2 Å². The van der Waals surface area contributed by atoms with Crippen LogP contribution in [0.1, 0.15) is 324 Å². The lowest BCUT2D eigenvalue weighted by atomic mass is 10.0. The minimum Gasteiger partial charge on any atom is -0.462 e. The van der Waals surface area contributed by atoms with E-state index in [4.69, 9.17) is 14.2 Å². The standard InChI is InChI=1S/C58H112O6/c1-6-7-8-9-10-11-12-23-28-33-38-43-48-56(59)62-51-55(52-63-57(60)49-44-39-34-29-24-20-19-22-27-32-37-42-47-54(4)5)64-58(61)50-45-40-35-30-25-18-16-14-13-15-17-21-26-31-36-41-46-53(2)3/h53-55H,6-52H2,1-5H3/t55-/m0/s1. The lowest BCUT2D eigenvalue weighted by Gasteiger charge is -2.18. The number of rotatable bonds is 52. The molecule has 0 unspecified atom stereocenters. The Balaban J connectivity index is 4.28. The van der Waals surface area contributed by atoms with Gasteiger partial charge in [0.25, 0.3) is 0 Å². The van der Waals surface area contributed by atoms with E-state index in [1.807, 2.05) is 0 Å². The molecule has 0 saturated heterocycles. The highest BCUT2D eigenvalue weighted by molar-refractivity contribution is 5.71. The van der Waals surface area contributed by atoms with Crippen LogP contribution in [0.4, 0.5) is 0 Å². The number of unbranched alkanes of at least 4 members (excludes halogenated alkanes) is 37. The van der Waals surface area contributed by atoms with Crippen molar-refractivity contribution in [3.05, 3.63) is 0 Å². The first-order valence-corrected chi connectivity index (χ1v) is 28.7. The fourth-order valence-corrected chi connectivity index (χ4v) is 8.87. The van der Waals surface area contributed by atoms with Gasteiger partial charge in [-0.05, 0) is 31.1 Å². The molecule has 0 N–H and O–H groups in total. The number of ether oxygens (including phenoxy) is 3. The van der Waals surface area contributed by atoms with E-state index in [0.717, 1.165) is 69.6 Å². The highest BCUT2D eigenvalue weighted by Crippen LogP contribution is 2.18. The van der Waals surface area contributed by atoms with Crippen LogP contribution in [0.15, 0.2) is 0 Å². The molecular weight excluding hydrogens is 793 g/mol. The Hall–Kier alpha value is -1.59. The Labute approximate surface area is 399 Å². The summed E-state index contributed by atoms with van der Waals surface area (Å²) in [5.41, 5.74) is 0. The van der Waals surface area contributed by atoms with Crippen molar-refractivity contribution in [1.29, 1.82) is 0 Å². The van der Waals surface area contributed by atoms with Crippen LogP contribution in [0.25, 0.3) is 0 Å². The van der Waals surface area contributed by atoms with Gasteiger partial charge in [0.05, 0.1) is 0 Å². The van der Waals surface area contributed by atoms with Crippen LogP contribution in [-0.2, 0) is 28.6 Å². The number of carbonyl (C=O) groups is 3. The molecule has 0 aromatic rings. The molecule has 6 nitrogen and oxygen atoms in total. The summed E-state index contributed by atoms with van der Waals surface area (Å²) in [6.07, 6.45) is 53.8. The average Bonchev–Trinajstić information content (AvgIpc) is 3.27. The van der Waals surface area contributed by atoms with Gasteiger partial charge in [0.1, 0.15) is 13.2 Å². The molecule has 0 spiro atoms. The van der Waals surface area contributed by atoms with Crippen LogP contribution in [0.2, 0.25) is 0 Å². The monoisotopic (exact) mass is 905 g/mol. The summed E-state index contributed by atoms with van der Waals surface area (Å²) in [4.78, 5) is 38.1. The molecule has 0 radical (unpaired) electrons. The molecule has 1 atom stereocenters. The lowest BCUT2D eigenvalue weighted by molar-refractivity contribution is -0.167. The van der Waals surface area contributed by atoms with E-state index >= 15 is 0 Å². The van der Waals surface area contributed by atoms with Gasteiger partial charge in [-0.2, -0.15) is 0 Å². The molecule has 0 aromatic carbocycles. The van der Waals surface area contributed by atoms with Crippen molar-refractivity contribution in [1.82, 2.24) is 0 Å². The third kappa shape index (κ3) is 51.4. The van der Waals surface area contributed by atoms with Crippen molar-refractivity contribution in [3.63, 3.8) is 0 Å². The number of hydrogen-bond acceptors (Lipinski definition) is 6. The summed E-state index contributed by atoms with van der Waals surface area (Å²) in [6.45, 7) is 11.4. The van der Waals surface area contributed by atoms with Gasteiger partial charge >= 0.3 is 17.9 Å². The SMILES string of the molecule is CCCCCCCCCCCCCCC(=O)OC[C@@H](COC(=O)CCCCCCCCCCCCCCC(C)C)OC(=O)CCCCCCCCCCCCCCCCCCC(C)C. The van der Waals surface area contributed by atoms with Crippen LogP contribution in [-0.4, -0.2) is 37.2 Å². The molecule has 380 valence electrons. The zero-order valence-corrected chi connectivity index (χ0v) is 43.9. The topological polar surface area (TPSA) is 78.9 Å². The largest absolute Gasteiger partial charge is 0.462 e. The normalized spacial score (nSPS) is 12.0. The van der Waals surface area contributed by atoms with E-state index in [2.05, 4.69) is 34.6 Å². The smallest absolute Gasteiger partial charge is 0.306 e. The van der Waals surface area contributed by atoms with Crippen LogP contribution in [0.5, 0.6) is 0 Å². The Bertz CT molecular complexity index is 978. The molecular formula is C58H112O6. The number of carbonyl (C=O) groups excluding carboxylic acids is 3. The molecule has 0 saturated carbocycles. The molecule has 0 fully saturated rings. The molecule has 0 bridgehead atoms. The maximum absolute atomic E-state index is 12.8. The van der Waals surface area contributed by atoms with Crippen LogP contribution < -0.4 is 0 Å². The summed E-state index contributed by atoms with van der Waals surface area (Å²) in [7, 11) is 0. The molecule has 0 aliphatic heterocycles. The molecule has 0 amide bonds. The van der Waals surface area contributed by atoms with E-state index in [0.29, 0.717) is 19.3 Å². The maximum Gasteiger partial charge on any atom is 0.306 e. The summed E-state index contributed by atoms with van der Waals surface area (Å²) >= 11 is 0. The maximum atomic E-state index is 12.8. The summed E-state index contributed by atoms with van der Waals surface area (Å²) in [5.74, 6) is 0.846. The minimum absolute atomic E-state index is 0.0627. The Morgan fingerprint density at radius 3 is 0.766 bits per heavy atom. The summed E-state index contributed by atoms with van der Waals surface area (Å²) in [5, 5.41) is 0. The van der Waals surface area contributed by atoms with E-state index in [1.54, 1.807) is 0 Å². The van der Waals surface area contributed by atoms with Crippen molar-refractivity contribution < 1.29 is 28.6 Å². The first-order valence-electron chi connectivity index (χ1n) is 28.7. The van der Waals surface area contributed by atoms with Gasteiger partial charge in [0.2, 0.25) is 0 Å². The Kier molecular flexibility index (Phi) is 49.6. The highest BCUT2D eigenvalue weighted by atomic mass is 16.6. The zero-order valence-electron chi connectivity index (χ0n) is 43.9. The van der Waals surface area contributed by atoms with Gasteiger partial charge in [-0.1, -0.05) is 285 Å². The third-order valence-electron chi connectivity index (χ3n) is 13.2. The number of esters is 3. The molecule has 64 heavy (non-hydrogen) atoms. The molecule has 0 aliphatic rings. The van der Waals surface area contributed by atoms with Gasteiger partial charge in [-0.15, -0.1) is 0 Å². The van der Waals surface area contributed by atoms with E-state index in [9.17, 15) is 14.4 Å². The van der Waals surface area contributed by atoms with Gasteiger partial charge in [0.15, 0.2) is 6.10 Å².